The van der Waals surface area contributed by atoms with Gasteiger partial charge in [-0.2, -0.15) is 5.10 Å². The summed E-state index contributed by atoms with van der Waals surface area (Å²) >= 11 is 4.75. The third-order valence-corrected chi connectivity index (χ3v) is 3.30. The van der Waals surface area contributed by atoms with Gasteiger partial charge in [0.2, 0.25) is 5.91 Å². The van der Waals surface area contributed by atoms with Gasteiger partial charge >= 0.3 is 0 Å². The van der Waals surface area contributed by atoms with Crippen LogP contribution in [0.25, 0.3) is 0 Å². The molecule has 7 heteroatoms. The normalized spacial score (nSPS) is 10.3. The van der Waals surface area contributed by atoms with Crippen molar-refractivity contribution >= 4 is 18.1 Å². The molecule has 1 aromatic carbocycles. The summed E-state index contributed by atoms with van der Waals surface area (Å²) in [5.41, 5.74) is 2.12. The molecule has 1 amide bonds. The summed E-state index contributed by atoms with van der Waals surface area (Å²) in [5.74, 6) is -0.123. The zero-order valence-electron chi connectivity index (χ0n) is 11.6. The van der Waals surface area contributed by atoms with E-state index in [0.29, 0.717) is 6.54 Å². The second-order valence-electron chi connectivity index (χ2n) is 4.66. The highest BCUT2D eigenvalue weighted by Gasteiger charge is 2.07. The van der Waals surface area contributed by atoms with Crippen molar-refractivity contribution in [3.63, 3.8) is 0 Å². The number of nitrogens with zero attached hydrogens (tertiary/aromatic N) is 1. The van der Waals surface area contributed by atoms with E-state index in [2.05, 4.69) is 20.5 Å². The van der Waals surface area contributed by atoms with E-state index in [1.54, 1.807) is 0 Å². The van der Waals surface area contributed by atoms with Crippen LogP contribution in [0.5, 0.6) is 0 Å². The molecule has 3 N–H and O–H groups in total. The minimum Gasteiger partial charge on any atom is -0.352 e. The minimum atomic E-state index is -0.356. The molecular formula is C14H16N4O2S. The Hall–Kier alpha value is -2.28. The Bertz CT molecular complexity index is 751. The van der Waals surface area contributed by atoms with Gasteiger partial charge < -0.3 is 5.32 Å². The van der Waals surface area contributed by atoms with Gasteiger partial charge in [-0.1, -0.05) is 24.3 Å². The maximum atomic E-state index is 11.8. The number of aryl methyl sites for hydroxylation is 2. The van der Waals surface area contributed by atoms with Crippen LogP contribution < -0.4 is 10.9 Å². The SMILES string of the molecule is Cc1ccccc1CNC(=O)CCc1n[nH]c(=S)[nH]c1=O. The summed E-state index contributed by atoms with van der Waals surface area (Å²) in [6.07, 6.45) is 0.466. The molecule has 1 aromatic heterocycles. The Labute approximate surface area is 126 Å². The van der Waals surface area contributed by atoms with E-state index in [1.807, 2.05) is 31.2 Å². The van der Waals surface area contributed by atoms with E-state index in [-0.39, 0.29) is 34.8 Å². The van der Waals surface area contributed by atoms with Crippen molar-refractivity contribution in [1.29, 1.82) is 0 Å². The van der Waals surface area contributed by atoms with Crippen molar-refractivity contribution in [1.82, 2.24) is 20.5 Å². The summed E-state index contributed by atoms with van der Waals surface area (Å²) in [5, 5.41) is 9.17. The van der Waals surface area contributed by atoms with Crippen molar-refractivity contribution in [2.75, 3.05) is 0 Å². The van der Waals surface area contributed by atoms with E-state index < -0.39 is 0 Å². The molecule has 1 heterocycles. The van der Waals surface area contributed by atoms with Crippen LogP contribution in [0.1, 0.15) is 23.2 Å². The van der Waals surface area contributed by atoms with Crippen LogP contribution in [0.3, 0.4) is 0 Å². The Morgan fingerprint density at radius 3 is 2.86 bits per heavy atom. The molecule has 2 rings (SSSR count). The minimum absolute atomic E-state index is 0.123. The number of hydrogen-bond donors (Lipinski definition) is 3. The summed E-state index contributed by atoms with van der Waals surface area (Å²) < 4.78 is 0.174. The first-order valence-electron chi connectivity index (χ1n) is 6.55. The Morgan fingerprint density at radius 2 is 2.14 bits per heavy atom. The number of amides is 1. The number of carbonyl (C=O) groups excluding carboxylic acids is 1. The van der Waals surface area contributed by atoms with E-state index >= 15 is 0 Å². The maximum Gasteiger partial charge on any atom is 0.273 e. The molecule has 0 spiro atoms. The van der Waals surface area contributed by atoms with Gasteiger partial charge in [0, 0.05) is 19.4 Å². The van der Waals surface area contributed by atoms with E-state index in [4.69, 9.17) is 12.2 Å². The lowest BCUT2D eigenvalue weighted by Gasteiger charge is -2.07. The Kier molecular flexibility index (Phi) is 4.99. The van der Waals surface area contributed by atoms with Gasteiger partial charge in [-0.15, -0.1) is 0 Å². The van der Waals surface area contributed by atoms with Crippen LogP contribution in [-0.4, -0.2) is 21.1 Å². The Balaban J connectivity index is 1.87. The number of H-pyrrole nitrogens is 2. The van der Waals surface area contributed by atoms with Gasteiger partial charge in [0.05, 0.1) is 0 Å². The van der Waals surface area contributed by atoms with Crippen molar-refractivity contribution in [2.45, 2.75) is 26.3 Å². The fourth-order valence-electron chi connectivity index (χ4n) is 1.86. The number of nitrogens with one attached hydrogen (secondary N) is 3. The monoisotopic (exact) mass is 304 g/mol. The molecule has 0 radical (unpaired) electrons. The van der Waals surface area contributed by atoms with Crippen LogP contribution in [-0.2, 0) is 17.8 Å². The van der Waals surface area contributed by atoms with Crippen LogP contribution in [0.4, 0.5) is 0 Å². The molecule has 0 bridgehead atoms. The second kappa shape index (κ2) is 6.94. The summed E-state index contributed by atoms with van der Waals surface area (Å²) in [6, 6.07) is 7.86. The standard InChI is InChI=1S/C14H16N4O2S/c1-9-4-2-3-5-10(9)8-15-12(19)7-6-11-13(20)16-14(21)18-17-11/h2-5H,6-8H2,1H3,(H,15,19)(H2,16,18,20,21). The molecule has 6 nitrogen and oxygen atoms in total. The number of aromatic amines is 2. The quantitative estimate of drug-likeness (QED) is 0.728. The summed E-state index contributed by atoms with van der Waals surface area (Å²) in [7, 11) is 0. The number of benzene rings is 1. The average Bonchev–Trinajstić information content (AvgIpc) is 2.45. The molecular weight excluding hydrogens is 288 g/mol. The number of carbonyl (C=O) groups is 1. The van der Waals surface area contributed by atoms with Gasteiger partial charge in [0.15, 0.2) is 4.77 Å². The lowest BCUT2D eigenvalue weighted by atomic mass is 10.1. The topological polar surface area (TPSA) is 90.6 Å². The predicted octanol–water partition coefficient (Wildman–Crippen LogP) is 1.38. The molecule has 110 valence electrons. The van der Waals surface area contributed by atoms with Crippen LogP contribution in [0.2, 0.25) is 0 Å². The van der Waals surface area contributed by atoms with Crippen LogP contribution >= 0.6 is 12.2 Å². The van der Waals surface area contributed by atoms with Crippen molar-refractivity contribution in [3.8, 4) is 0 Å². The van der Waals surface area contributed by atoms with Crippen molar-refractivity contribution in [3.05, 3.63) is 56.2 Å². The Morgan fingerprint density at radius 1 is 1.38 bits per heavy atom. The predicted molar refractivity (Wildman–Crippen MR) is 81.4 cm³/mol. The molecule has 21 heavy (non-hydrogen) atoms. The first-order valence-corrected chi connectivity index (χ1v) is 6.96. The third kappa shape index (κ3) is 4.35. The zero-order chi connectivity index (χ0) is 15.2. The molecule has 0 aliphatic heterocycles. The summed E-state index contributed by atoms with van der Waals surface area (Å²) in [4.78, 5) is 25.8. The number of hydrogen-bond acceptors (Lipinski definition) is 4. The van der Waals surface area contributed by atoms with Crippen molar-refractivity contribution in [2.24, 2.45) is 0 Å². The lowest BCUT2D eigenvalue weighted by Crippen LogP contribution is -2.25. The highest BCUT2D eigenvalue weighted by Crippen LogP contribution is 2.06. The maximum absolute atomic E-state index is 11.8. The second-order valence-corrected chi connectivity index (χ2v) is 5.07. The average molecular weight is 304 g/mol. The number of rotatable bonds is 5. The van der Waals surface area contributed by atoms with E-state index in [0.717, 1.165) is 11.1 Å². The van der Waals surface area contributed by atoms with E-state index in [9.17, 15) is 9.59 Å². The molecule has 0 saturated carbocycles. The molecule has 0 aliphatic rings. The molecule has 0 saturated heterocycles. The first-order chi connectivity index (χ1) is 10.1. The van der Waals surface area contributed by atoms with Crippen LogP contribution in [0.15, 0.2) is 29.1 Å². The molecule has 2 aromatic rings. The molecule has 0 fully saturated rings. The molecule has 0 unspecified atom stereocenters. The van der Waals surface area contributed by atoms with Gasteiger partial charge in [-0.3, -0.25) is 19.7 Å². The number of aromatic nitrogens is 3. The van der Waals surface area contributed by atoms with Gasteiger partial charge in [0.25, 0.3) is 5.56 Å². The van der Waals surface area contributed by atoms with Crippen molar-refractivity contribution < 1.29 is 4.79 Å². The first kappa shape index (κ1) is 15.1. The fraction of sp³-hybridized carbons (Fsp3) is 0.286. The third-order valence-electron chi connectivity index (χ3n) is 3.11. The lowest BCUT2D eigenvalue weighted by molar-refractivity contribution is -0.121. The zero-order valence-corrected chi connectivity index (χ0v) is 12.4. The van der Waals surface area contributed by atoms with Gasteiger partial charge in [-0.05, 0) is 30.3 Å². The fourth-order valence-corrected chi connectivity index (χ4v) is 2.00. The van der Waals surface area contributed by atoms with Crippen LogP contribution in [0, 0.1) is 11.7 Å². The molecule has 0 aliphatic carbocycles. The highest BCUT2D eigenvalue weighted by molar-refractivity contribution is 7.71. The van der Waals surface area contributed by atoms with Gasteiger partial charge in [-0.25, -0.2) is 0 Å². The van der Waals surface area contributed by atoms with E-state index in [1.165, 1.54) is 0 Å². The largest absolute Gasteiger partial charge is 0.352 e. The summed E-state index contributed by atoms with van der Waals surface area (Å²) in [6.45, 7) is 2.48. The smallest absolute Gasteiger partial charge is 0.273 e. The molecule has 0 atom stereocenters. The van der Waals surface area contributed by atoms with Gasteiger partial charge in [0.1, 0.15) is 5.69 Å². The highest BCUT2D eigenvalue weighted by atomic mass is 32.1.